The van der Waals surface area contributed by atoms with Crippen LogP contribution in [-0.4, -0.2) is 13.1 Å². The van der Waals surface area contributed by atoms with Crippen molar-refractivity contribution in [2.75, 3.05) is 7.11 Å². The van der Waals surface area contributed by atoms with Crippen LogP contribution in [0.3, 0.4) is 0 Å². The molecule has 2 atom stereocenters. The summed E-state index contributed by atoms with van der Waals surface area (Å²) in [5.41, 5.74) is 2.43. The van der Waals surface area contributed by atoms with E-state index in [4.69, 9.17) is 9.15 Å². The van der Waals surface area contributed by atoms with Crippen molar-refractivity contribution >= 4 is 5.97 Å². The molecule has 0 radical (unpaired) electrons. The van der Waals surface area contributed by atoms with E-state index in [-0.39, 0.29) is 17.3 Å². The van der Waals surface area contributed by atoms with Crippen molar-refractivity contribution in [2.45, 2.75) is 39.5 Å². The van der Waals surface area contributed by atoms with E-state index >= 15 is 0 Å². The SMILES string of the molecule is COC(=O)[C@]1(c2coc(Cc3ccccc3)c2)[C@@H](C=C(C)C)C1(C)C. The molecule has 3 heteroatoms. The second-order valence-corrected chi connectivity index (χ2v) is 7.71. The molecule has 0 spiro atoms. The lowest BCUT2D eigenvalue weighted by atomic mass is 9.89. The number of rotatable bonds is 5. The number of esters is 1. The minimum atomic E-state index is -0.669. The van der Waals surface area contributed by atoms with Crippen molar-refractivity contribution in [3.8, 4) is 0 Å². The first-order chi connectivity index (χ1) is 11.8. The Labute approximate surface area is 149 Å². The third-order valence-corrected chi connectivity index (χ3v) is 5.51. The van der Waals surface area contributed by atoms with Gasteiger partial charge < -0.3 is 9.15 Å². The van der Waals surface area contributed by atoms with E-state index in [1.54, 1.807) is 6.26 Å². The molecule has 1 aromatic heterocycles. The van der Waals surface area contributed by atoms with Gasteiger partial charge in [0.2, 0.25) is 0 Å². The minimum absolute atomic E-state index is 0.111. The van der Waals surface area contributed by atoms with E-state index in [0.717, 1.165) is 11.3 Å². The summed E-state index contributed by atoms with van der Waals surface area (Å²) in [5, 5.41) is 0. The smallest absolute Gasteiger partial charge is 0.317 e. The van der Waals surface area contributed by atoms with Gasteiger partial charge in [-0.05, 0) is 30.9 Å². The number of benzene rings is 1. The van der Waals surface area contributed by atoms with Gasteiger partial charge in [0.05, 0.1) is 13.4 Å². The summed E-state index contributed by atoms with van der Waals surface area (Å²) in [4.78, 5) is 12.8. The zero-order valence-electron chi connectivity index (χ0n) is 15.6. The number of hydrogen-bond donors (Lipinski definition) is 0. The predicted molar refractivity (Wildman–Crippen MR) is 98.4 cm³/mol. The predicted octanol–water partition coefficient (Wildman–Crippen LogP) is 4.90. The number of ether oxygens (including phenoxy) is 1. The highest BCUT2D eigenvalue weighted by Crippen LogP contribution is 2.71. The van der Waals surface area contributed by atoms with E-state index in [1.165, 1.54) is 18.2 Å². The van der Waals surface area contributed by atoms with Crippen LogP contribution in [-0.2, 0) is 21.4 Å². The van der Waals surface area contributed by atoms with Crippen LogP contribution in [0.5, 0.6) is 0 Å². The fourth-order valence-corrected chi connectivity index (χ4v) is 4.17. The van der Waals surface area contributed by atoms with Gasteiger partial charge in [-0.2, -0.15) is 0 Å². The molecule has 132 valence electrons. The Balaban J connectivity index is 1.97. The summed E-state index contributed by atoms with van der Waals surface area (Å²) >= 11 is 0. The second kappa shape index (κ2) is 6.21. The van der Waals surface area contributed by atoms with Crippen LogP contribution in [0.15, 0.2) is 58.7 Å². The van der Waals surface area contributed by atoms with Crippen LogP contribution in [0.1, 0.15) is 44.6 Å². The number of allylic oxidation sites excluding steroid dienone is 2. The molecule has 0 unspecified atom stereocenters. The maximum atomic E-state index is 12.8. The van der Waals surface area contributed by atoms with Gasteiger partial charge in [0.1, 0.15) is 11.2 Å². The molecule has 1 aromatic carbocycles. The van der Waals surface area contributed by atoms with Crippen LogP contribution in [0.2, 0.25) is 0 Å². The maximum absolute atomic E-state index is 12.8. The summed E-state index contributed by atoms with van der Waals surface area (Å²) in [6.45, 7) is 8.37. The first kappa shape index (κ1) is 17.5. The molecule has 3 rings (SSSR count). The summed E-state index contributed by atoms with van der Waals surface area (Å²) in [6.07, 6.45) is 4.63. The molecule has 25 heavy (non-hydrogen) atoms. The molecule has 0 N–H and O–H groups in total. The molecule has 0 bridgehead atoms. The highest BCUT2D eigenvalue weighted by atomic mass is 16.5. The van der Waals surface area contributed by atoms with Gasteiger partial charge in [0.25, 0.3) is 0 Å². The van der Waals surface area contributed by atoms with E-state index < -0.39 is 5.41 Å². The first-order valence-electron chi connectivity index (χ1n) is 8.69. The lowest BCUT2D eigenvalue weighted by Crippen LogP contribution is -2.27. The van der Waals surface area contributed by atoms with Gasteiger partial charge in [0, 0.05) is 17.9 Å². The standard InChI is InChI=1S/C22H26O3/c1-15(2)11-19-21(3,4)22(19,20(23)24-5)17-13-18(25-14-17)12-16-9-7-6-8-10-16/h6-11,13-14,19H,12H2,1-5H3/t19-,22-/m0/s1. The van der Waals surface area contributed by atoms with Crippen molar-refractivity contribution in [1.29, 1.82) is 0 Å². The molecule has 1 aliphatic carbocycles. The summed E-state index contributed by atoms with van der Waals surface area (Å²) in [6, 6.07) is 12.2. The van der Waals surface area contributed by atoms with Crippen LogP contribution in [0, 0.1) is 11.3 Å². The van der Waals surface area contributed by atoms with Crippen LogP contribution < -0.4 is 0 Å². The van der Waals surface area contributed by atoms with Crippen LogP contribution in [0.4, 0.5) is 0 Å². The van der Waals surface area contributed by atoms with E-state index in [1.807, 2.05) is 24.3 Å². The molecule has 1 saturated carbocycles. The van der Waals surface area contributed by atoms with Crippen molar-refractivity contribution in [1.82, 2.24) is 0 Å². The second-order valence-electron chi connectivity index (χ2n) is 7.71. The average molecular weight is 338 g/mol. The lowest BCUT2D eigenvalue weighted by molar-refractivity contribution is -0.145. The lowest BCUT2D eigenvalue weighted by Gasteiger charge is -2.16. The molecule has 0 amide bonds. The quantitative estimate of drug-likeness (QED) is 0.575. The van der Waals surface area contributed by atoms with E-state index in [9.17, 15) is 4.79 Å². The molecular formula is C22H26O3. The molecule has 3 nitrogen and oxygen atoms in total. The van der Waals surface area contributed by atoms with E-state index in [2.05, 4.69) is 45.9 Å². The maximum Gasteiger partial charge on any atom is 0.317 e. The summed E-state index contributed by atoms with van der Waals surface area (Å²) in [5.74, 6) is 0.787. The first-order valence-corrected chi connectivity index (χ1v) is 8.69. The minimum Gasteiger partial charge on any atom is -0.469 e. The van der Waals surface area contributed by atoms with Gasteiger partial charge in [-0.15, -0.1) is 0 Å². The van der Waals surface area contributed by atoms with E-state index in [0.29, 0.717) is 6.42 Å². The van der Waals surface area contributed by atoms with Gasteiger partial charge in [-0.25, -0.2) is 0 Å². The highest BCUT2D eigenvalue weighted by molar-refractivity contribution is 5.90. The van der Waals surface area contributed by atoms with Gasteiger partial charge in [0.15, 0.2) is 0 Å². The fraction of sp³-hybridized carbons (Fsp3) is 0.409. The van der Waals surface area contributed by atoms with Gasteiger partial charge in [-0.3, -0.25) is 4.79 Å². The molecular weight excluding hydrogens is 312 g/mol. The van der Waals surface area contributed by atoms with Gasteiger partial charge in [-0.1, -0.05) is 55.8 Å². The molecule has 0 saturated heterocycles. The Hall–Kier alpha value is -2.29. The van der Waals surface area contributed by atoms with Crippen molar-refractivity contribution in [2.24, 2.45) is 11.3 Å². The zero-order valence-corrected chi connectivity index (χ0v) is 15.6. The van der Waals surface area contributed by atoms with Crippen molar-refractivity contribution < 1.29 is 13.9 Å². The molecule has 0 aliphatic heterocycles. The Morgan fingerprint density at radius 2 is 1.92 bits per heavy atom. The fourth-order valence-electron chi connectivity index (χ4n) is 4.17. The molecule has 2 aromatic rings. The summed E-state index contributed by atoms with van der Waals surface area (Å²) in [7, 11) is 1.46. The monoisotopic (exact) mass is 338 g/mol. The molecule has 1 heterocycles. The number of carbonyl (C=O) groups excluding carboxylic acids is 1. The van der Waals surface area contributed by atoms with Crippen molar-refractivity contribution in [3.05, 3.63) is 71.2 Å². The average Bonchev–Trinajstić information content (AvgIpc) is 2.89. The largest absolute Gasteiger partial charge is 0.469 e. The zero-order chi connectivity index (χ0) is 18.2. The van der Waals surface area contributed by atoms with Crippen LogP contribution in [0.25, 0.3) is 0 Å². The van der Waals surface area contributed by atoms with Crippen molar-refractivity contribution in [3.63, 3.8) is 0 Å². The number of hydrogen-bond acceptors (Lipinski definition) is 3. The normalized spacial score (nSPS) is 23.8. The highest BCUT2D eigenvalue weighted by Gasteiger charge is 2.76. The van der Waals surface area contributed by atoms with Crippen LogP contribution >= 0.6 is 0 Å². The molecule has 1 aliphatic rings. The number of carbonyl (C=O) groups is 1. The summed E-state index contributed by atoms with van der Waals surface area (Å²) < 4.78 is 11.0. The Bertz CT molecular complexity index is 794. The third kappa shape index (κ3) is 2.72. The number of furan rings is 1. The number of methoxy groups -OCH3 is 1. The molecule has 1 fully saturated rings. The Morgan fingerprint density at radius 3 is 2.52 bits per heavy atom. The Kier molecular flexibility index (Phi) is 4.36. The third-order valence-electron chi connectivity index (χ3n) is 5.51. The topological polar surface area (TPSA) is 39.4 Å². The van der Waals surface area contributed by atoms with Gasteiger partial charge >= 0.3 is 5.97 Å². The Morgan fingerprint density at radius 1 is 1.24 bits per heavy atom.